The summed E-state index contributed by atoms with van der Waals surface area (Å²) >= 11 is 0. The molecule has 1 heterocycles. The first-order chi connectivity index (χ1) is 17.4. The summed E-state index contributed by atoms with van der Waals surface area (Å²) in [5.74, 6) is -3.69. The molecule has 0 aromatic heterocycles. The number of phenols is 3. The molecule has 198 valence electrons. The Morgan fingerprint density at radius 2 is 1.70 bits per heavy atom. The van der Waals surface area contributed by atoms with Crippen LogP contribution in [0.4, 0.5) is 0 Å². The number of aliphatic hydroxyl groups excluding tert-OH is 2. The number of ether oxygens (including phenoxy) is 2. The number of carbonyl (C=O) groups is 2. The van der Waals surface area contributed by atoms with Crippen molar-refractivity contribution in [1.82, 2.24) is 0 Å². The van der Waals surface area contributed by atoms with E-state index in [0.717, 1.165) is 0 Å². The summed E-state index contributed by atoms with van der Waals surface area (Å²) in [4.78, 5) is 26.7. The summed E-state index contributed by atoms with van der Waals surface area (Å²) < 4.78 is 11.8. The second kappa shape index (κ2) is 8.76. The molecule has 2 aromatic rings. The number of phenolic OH excluding ortho intramolecular Hbond substituents is 3. The van der Waals surface area contributed by atoms with E-state index in [2.05, 4.69) is 0 Å². The molecule has 11 heteroatoms. The average molecular weight is 516 g/mol. The molecule has 11 nitrogen and oxygen atoms in total. The zero-order chi connectivity index (χ0) is 27.0. The van der Waals surface area contributed by atoms with Crippen LogP contribution in [0.25, 0.3) is 0 Å². The highest BCUT2D eigenvalue weighted by atomic mass is 16.7. The van der Waals surface area contributed by atoms with Crippen LogP contribution in [0.5, 0.6) is 17.2 Å². The molecule has 7 atom stereocenters. The molecule has 2 aromatic carbocycles. The third-order valence-electron chi connectivity index (χ3n) is 7.81. The monoisotopic (exact) mass is 515 g/mol. The van der Waals surface area contributed by atoms with Gasteiger partial charge in [-0.25, -0.2) is 0 Å². The molecule has 0 spiro atoms. The van der Waals surface area contributed by atoms with Crippen LogP contribution in [-0.4, -0.2) is 72.3 Å². The first-order valence-electron chi connectivity index (χ1n) is 12.1. The Bertz CT molecular complexity index is 1300. The lowest BCUT2D eigenvalue weighted by Gasteiger charge is -2.44. The van der Waals surface area contributed by atoms with Crippen molar-refractivity contribution in [3.05, 3.63) is 51.6 Å². The summed E-state index contributed by atoms with van der Waals surface area (Å²) in [7, 11) is 0. The Balaban J connectivity index is 1.69. The van der Waals surface area contributed by atoms with Gasteiger partial charge in [-0.3, -0.25) is 9.59 Å². The first-order valence-corrected chi connectivity index (χ1v) is 12.1. The Morgan fingerprint density at radius 3 is 2.35 bits per heavy atom. The second-order valence-corrected chi connectivity index (χ2v) is 9.98. The third kappa shape index (κ3) is 3.65. The van der Waals surface area contributed by atoms with Gasteiger partial charge >= 0.3 is 0 Å². The third-order valence-corrected chi connectivity index (χ3v) is 7.81. The van der Waals surface area contributed by atoms with E-state index in [-0.39, 0.29) is 41.5 Å². The van der Waals surface area contributed by atoms with Gasteiger partial charge in [0.25, 0.3) is 0 Å². The molecule has 0 radical (unpaired) electrons. The predicted molar refractivity (Wildman–Crippen MR) is 126 cm³/mol. The summed E-state index contributed by atoms with van der Waals surface area (Å²) in [5.41, 5.74) is 2.09. The molecule has 0 bridgehead atoms. The van der Waals surface area contributed by atoms with E-state index in [4.69, 9.17) is 15.2 Å². The lowest BCUT2D eigenvalue weighted by Crippen LogP contribution is -2.52. The number of hydrogen-bond donors (Lipinski definition) is 7. The van der Waals surface area contributed by atoms with Crippen molar-refractivity contribution in [2.75, 3.05) is 0 Å². The summed E-state index contributed by atoms with van der Waals surface area (Å²) in [5, 5.41) is 65.4. The number of carbonyl (C=O) groups excluding carboxylic acids is 2. The van der Waals surface area contributed by atoms with Crippen LogP contribution in [0, 0.1) is 0 Å². The minimum absolute atomic E-state index is 0.0223. The highest BCUT2D eigenvalue weighted by Crippen LogP contribution is 2.56. The number of ketones is 2. The van der Waals surface area contributed by atoms with Gasteiger partial charge in [0, 0.05) is 35.6 Å². The summed E-state index contributed by atoms with van der Waals surface area (Å²) in [6.45, 7) is 3.22. The van der Waals surface area contributed by atoms with E-state index in [0.29, 0.717) is 0 Å². The highest BCUT2D eigenvalue weighted by molar-refractivity contribution is 6.31. The van der Waals surface area contributed by atoms with Crippen LogP contribution in [0.2, 0.25) is 0 Å². The SMILES string of the molecule is CC[C@]1(O)CC(O[C@H]2C[C@H](N)[C@H](O)[C@H](C)O2)c2c(O)c3c(c(O)c2C1O)C(=O)c1cccc(O)c1C3=O. The van der Waals surface area contributed by atoms with Crippen molar-refractivity contribution in [2.45, 2.75) is 75.5 Å². The molecule has 1 aliphatic heterocycles. The molecule has 0 saturated carbocycles. The van der Waals surface area contributed by atoms with Crippen molar-refractivity contribution < 1.29 is 49.7 Å². The van der Waals surface area contributed by atoms with Gasteiger partial charge in [-0.15, -0.1) is 0 Å². The Kier molecular flexibility index (Phi) is 6.06. The van der Waals surface area contributed by atoms with E-state index in [9.17, 15) is 40.2 Å². The second-order valence-electron chi connectivity index (χ2n) is 9.98. The number of hydrogen-bond acceptors (Lipinski definition) is 11. The van der Waals surface area contributed by atoms with Crippen LogP contribution in [-0.2, 0) is 9.47 Å². The van der Waals surface area contributed by atoms with Crippen LogP contribution in [0.1, 0.15) is 88.3 Å². The highest BCUT2D eigenvalue weighted by Gasteiger charge is 2.51. The minimum atomic E-state index is -1.82. The van der Waals surface area contributed by atoms with Crippen LogP contribution < -0.4 is 5.73 Å². The molecular formula is C26H29NO10. The Morgan fingerprint density at radius 1 is 1.05 bits per heavy atom. The molecule has 2 unspecified atom stereocenters. The molecule has 5 rings (SSSR count). The van der Waals surface area contributed by atoms with Gasteiger partial charge in [0.05, 0.1) is 40.6 Å². The zero-order valence-corrected chi connectivity index (χ0v) is 20.2. The number of rotatable bonds is 3. The maximum Gasteiger partial charge on any atom is 0.202 e. The summed E-state index contributed by atoms with van der Waals surface area (Å²) in [6.07, 6.45) is -5.69. The van der Waals surface area contributed by atoms with Crippen molar-refractivity contribution in [3.8, 4) is 17.2 Å². The standard InChI is InChI=1S/C26H29NO10/c1-3-26(35)8-13(37-14-7-11(27)20(29)9(2)36-14)16-19(25(26)34)24(33)17-18(23(16)32)22(31)15-10(21(17)30)5-4-6-12(15)28/h4-6,9,11,13-14,20,25,28-29,32-35H,3,7-8,27H2,1-2H3/t9-,11-,13?,14-,20+,25?,26-/m0/s1. The van der Waals surface area contributed by atoms with Gasteiger partial charge in [0.2, 0.25) is 5.78 Å². The number of aliphatic hydroxyl groups is 3. The van der Waals surface area contributed by atoms with E-state index >= 15 is 0 Å². The van der Waals surface area contributed by atoms with E-state index in [1.54, 1.807) is 13.8 Å². The quantitative estimate of drug-likeness (QED) is 0.246. The Hall–Kier alpha value is -3.06. The minimum Gasteiger partial charge on any atom is -0.507 e. The van der Waals surface area contributed by atoms with Crippen LogP contribution >= 0.6 is 0 Å². The van der Waals surface area contributed by atoms with Crippen LogP contribution in [0.3, 0.4) is 0 Å². The average Bonchev–Trinajstić information content (AvgIpc) is 2.85. The molecule has 37 heavy (non-hydrogen) atoms. The zero-order valence-electron chi connectivity index (χ0n) is 20.2. The fourth-order valence-corrected chi connectivity index (χ4v) is 5.65. The molecule has 1 fully saturated rings. The van der Waals surface area contributed by atoms with Crippen LogP contribution in [0.15, 0.2) is 18.2 Å². The predicted octanol–water partition coefficient (Wildman–Crippen LogP) is 1.04. The number of fused-ring (bicyclic) bond motifs is 3. The van der Waals surface area contributed by atoms with Gasteiger partial charge in [0.1, 0.15) is 23.4 Å². The fraction of sp³-hybridized carbons (Fsp3) is 0.462. The van der Waals surface area contributed by atoms with Crippen molar-refractivity contribution in [3.63, 3.8) is 0 Å². The normalized spacial score (nSPS) is 33.0. The molecule has 3 aliphatic rings. The van der Waals surface area contributed by atoms with Crippen molar-refractivity contribution in [2.24, 2.45) is 5.73 Å². The lowest BCUT2D eigenvalue weighted by atomic mass is 9.70. The molecule has 8 N–H and O–H groups in total. The largest absolute Gasteiger partial charge is 0.507 e. The van der Waals surface area contributed by atoms with Gasteiger partial charge < -0.3 is 45.8 Å². The van der Waals surface area contributed by atoms with Crippen molar-refractivity contribution >= 4 is 11.6 Å². The smallest absolute Gasteiger partial charge is 0.202 e. The van der Waals surface area contributed by atoms with E-state index in [1.807, 2.05) is 0 Å². The van der Waals surface area contributed by atoms with Gasteiger partial charge in [-0.05, 0) is 19.4 Å². The Labute approximate surface area is 211 Å². The number of aromatic hydroxyl groups is 3. The number of benzene rings is 2. The molecular weight excluding hydrogens is 486 g/mol. The van der Waals surface area contributed by atoms with E-state index < -0.39 is 82.3 Å². The van der Waals surface area contributed by atoms with E-state index in [1.165, 1.54) is 18.2 Å². The van der Waals surface area contributed by atoms with Gasteiger partial charge in [0.15, 0.2) is 12.1 Å². The number of nitrogens with two attached hydrogens (primary N) is 1. The van der Waals surface area contributed by atoms with Gasteiger partial charge in [-0.2, -0.15) is 0 Å². The van der Waals surface area contributed by atoms with Gasteiger partial charge in [-0.1, -0.05) is 19.1 Å². The molecule has 1 saturated heterocycles. The summed E-state index contributed by atoms with van der Waals surface area (Å²) in [6, 6.07) is 3.20. The molecule has 0 amide bonds. The first kappa shape index (κ1) is 25.6. The fourth-order valence-electron chi connectivity index (χ4n) is 5.65. The lowest BCUT2D eigenvalue weighted by molar-refractivity contribution is -0.252. The topological polar surface area (TPSA) is 200 Å². The van der Waals surface area contributed by atoms with Crippen molar-refractivity contribution in [1.29, 1.82) is 0 Å². The maximum atomic E-state index is 13.4. The molecule has 2 aliphatic carbocycles. The maximum absolute atomic E-state index is 13.4.